The Kier molecular flexibility index (Phi) is 5.00. The Balaban J connectivity index is 1.94. The summed E-state index contributed by atoms with van der Waals surface area (Å²) in [5.41, 5.74) is 1.34. The molecule has 0 aliphatic heterocycles. The number of ether oxygens (including phenoxy) is 1. The molecule has 0 bridgehead atoms. The molecule has 0 aliphatic rings. The van der Waals surface area contributed by atoms with Gasteiger partial charge in [0.15, 0.2) is 5.69 Å². The van der Waals surface area contributed by atoms with Gasteiger partial charge in [-0.1, -0.05) is 0 Å². The van der Waals surface area contributed by atoms with Gasteiger partial charge in [-0.05, 0) is 31.2 Å². The van der Waals surface area contributed by atoms with Crippen molar-refractivity contribution in [1.29, 1.82) is 5.26 Å². The molecule has 3 aromatic rings. The van der Waals surface area contributed by atoms with Crippen LogP contribution in [0.1, 0.15) is 11.1 Å². The number of methoxy groups -OCH3 is 1. The number of nitrogens with zero attached hydrogens (tertiary/aromatic N) is 5. The van der Waals surface area contributed by atoms with Crippen LogP contribution < -0.4 is 10.3 Å². The largest absolute Gasteiger partial charge is 0.497 e. The van der Waals surface area contributed by atoms with Crippen LogP contribution in [0, 0.1) is 18.3 Å². The predicted molar refractivity (Wildman–Crippen MR) is 101 cm³/mol. The van der Waals surface area contributed by atoms with Gasteiger partial charge in [0.05, 0.1) is 12.8 Å². The van der Waals surface area contributed by atoms with Gasteiger partial charge in [0.1, 0.15) is 17.4 Å². The highest BCUT2D eigenvalue weighted by Crippen LogP contribution is 2.30. The zero-order valence-corrected chi connectivity index (χ0v) is 15.6. The van der Waals surface area contributed by atoms with Crippen LogP contribution in [0.25, 0.3) is 11.3 Å². The minimum absolute atomic E-state index is 0.00644. The van der Waals surface area contributed by atoms with Crippen molar-refractivity contribution in [3.63, 3.8) is 0 Å². The number of azo groups is 1. The number of nitriles is 1. The van der Waals surface area contributed by atoms with Crippen molar-refractivity contribution in [2.45, 2.75) is 6.92 Å². The molecule has 1 N–H and O–H groups in total. The Morgan fingerprint density at radius 1 is 1.30 bits per heavy atom. The average molecular weight is 381 g/mol. The van der Waals surface area contributed by atoms with Gasteiger partial charge in [-0.3, -0.25) is 9.36 Å². The summed E-state index contributed by atoms with van der Waals surface area (Å²) in [6.07, 6.45) is 0. The molecule has 1 aromatic carbocycles. The van der Waals surface area contributed by atoms with Crippen molar-refractivity contribution >= 4 is 22.2 Å². The minimum Gasteiger partial charge on any atom is -0.497 e. The molecular formula is C18H15N5O3S. The van der Waals surface area contributed by atoms with Gasteiger partial charge in [-0.15, -0.1) is 21.6 Å². The normalized spacial score (nSPS) is 10.9. The molecule has 0 fully saturated rings. The minimum atomic E-state index is -0.542. The second kappa shape index (κ2) is 7.39. The average Bonchev–Trinajstić information content (AvgIpc) is 3.16. The second-order valence-electron chi connectivity index (χ2n) is 5.59. The summed E-state index contributed by atoms with van der Waals surface area (Å²) in [4.78, 5) is 16.7. The lowest BCUT2D eigenvalue weighted by Gasteiger charge is -2.07. The van der Waals surface area contributed by atoms with E-state index in [1.54, 1.807) is 14.0 Å². The Labute approximate surface area is 158 Å². The van der Waals surface area contributed by atoms with Crippen LogP contribution in [-0.4, -0.2) is 21.8 Å². The fourth-order valence-corrected chi connectivity index (χ4v) is 3.06. The van der Waals surface area contributed by atoms with Crippen molar-refractivity contribution in [3.8, 4) is 29.0 Å². The van der Waals surface area contributed by atoms with Crippen molar-refractivity contribution in [2.75, 3.05) is 7.11 Å². The van der Waals surface area contributed by atoms with E-state index < -0.39 is 11.4 Å². The molecule has 0 atom stereocenters. The summed E-state index contributed by atoms with van der Waals surface area (Å²) in [6, 6.07) is 9.31. The van der Waals surface area contributed by atoms with E-state index in [-0.39, 0.29) is 16.8 Å². The third-order valence-corrected chi connectivity index (χ3v) is 4.73. The predicted octanol–water partition coefficient (Wildman–Crippen LogP) is 3.82. The van der Waals surface area contributed by atoms with E-state index in [1.165, 1.54) is 18.4 Å². The maximum absolute atomic E-state index is 12.3. The third kappa shape index (κ3) is 3.43. The number of rotatable bonds is 4. The molecule has 9 heteroatoms. The lowest BCUT2D eigenvalue weighted by Crippen LogP contribution is -2.18. The summed E-state index contributed by atoms with van der Waals surface area (Å²) in [6.45, 7) is 1.54. The van der Waals surface area contributed by atoms with Crippen molar-refractivity contribution in [2.24, 2.45) is 17.3 Å². The Hall–Kier alpha value is -3.51. The molecule has 2 aromatic heterocycles. The van der Waals surface area contributed by atoms with Gasteiger partial charge < -0.3 is 9.84 Å². The summed E-state index contributed by atoms with van der Waals surface area (Å²) < 4.78 is 6.10. The SMILES string of the molecule is COc1ccc(-c2csc(N=Nc3c(C)c(C#N)c(O)n(C)c3=O)n2)cc1. The Bertz CT molecular complexity index is 1120. The number of benzene rings is 1. The first kappa shape index (κ1) is 18.3. The Morgan fingerprint density at radius 2 is 2.00 bits per heavy atom. The maximum Gasteiger partial charge on any atom is 0.281 e. The first-order valence-corrected chi connectivity index (χ1v) is 8.68. The number of aromatic nitrogens is 2. The van der Waals surface area contributed by atoms with Crippen LogP contribution in [0.2, 0.25) is 0 Å². The van der Waals surface area contributed by atoms with E-state index in [2.05, 4.69) is 15.2 Å². The van der Waals surface area contributed by atoms with Crippen molar-refractivity contribution < 1.29 is 9.84 Å². The Morgan fingerprint density at radius 3 is 2.63 bits per heavy atom. The molecule has 0 spiro atoms. The molecular weight excluding hydrogens is 366 g/mol. The maximum atomic E-state index is 12.3. The molecule has 27 heavy (non-hydrogen) atoms. The highest BCUT2D eigenvalue weighted by molar-refractivity contribution is 7.13. The molecule has 0 aliphatic carbocycles. The molecule has 8 nitrogen and oxygen atoms in total. The highest BCUT2D eigenvalue weighted by atomic mass is 32.1. The highest BCUT2D eigenvalue weighted by Gasteiger charge is 2.17. The molecule has 136 valence electrons. The van der Waals surface area contributed by atoms with Crippen LogP contribution in [0.5, 0.6) is 11.6 Å². The lowest BCUT2D eigenvalue weighted by molar-refractivity contribution is 0.415. The topological polar surface area (TPSA) is 113 Å². The van der Waals surface area contributed by atoms with E-state index in [4.69, 9.17) is 4.74 Å². The van der Waals surface area contributed by atoms with Crippen LogP contribution in [0.4, 0.5) is 10.8 Å². The van der Waals surface area contributed by atoms with Gasteiger partial charge in [0, 0.05) is 23.6 Å². The summed E-state index contributed by atoms with van der Waals surface area (Å²) in [5, 5.41) is 29.3. The number of pyridine rings is 1. The standard InChI is InChI=1S/C18H15N5O3S/c1-10-13(8-19)16(24)23(2)17(25)15(10)21-22-18-20-14(9-27-18)11-4-6-12(26-3)7-5-11/h4-7,9,24H,1-3H3. The second-order valence-corrected chi connectivity index (χ2v) is 6.43. The van der Waals surface area contributed by atoms with Crippen LogP contribution >= 0.6 is 11.3 Å². The third-order valence-electron chi connectivity index (χ3n) is 4.00. The summed E-state index contributed by atoms with van der Waals surface area (Å²) >= 11 is 1.28. The van der Waals surface area contributed by atoms with E-state index >= 15 is 0 Å². The van der Waals surface area contributed by atoms with Crippen LogP contribution in [0.15, 0.2) is 44.7 Å². The van der Waals surface area contributed by atoms with E-state index in [0.29, 0.717) is 5.13 Å². The zero-order valence-electron chi connectivity index (χ0n) is 14.8. The first-order valence-electron chi connectivity index (χ1n) is 7.80. The monoisotopic (exact) mass is 381 g/mol. The van der Waals surface area contributed by atoms with Crippen LogP contribution in [-0.2, 0) is 7.05 Å². The quantitative estimate of drug-likeness (QED) is 0.690. The number of hydrogen-bond acceptors (Lipinski definition) is 8. The van der Waals surface area contributed by atoms with E-state index in [0.717, 1.165) is 21.6 Å². The molecule has 0 radical (unpaired) electrons. The fourth-order valence-electron chi connectivity index (χ4n) is 2.42. The molecule has 0 amide bonds. The van der Waals surface area contributed by atoms with Gasteiger partial charge in [0.2, 0.25) is 11.0 Å². The lowest BCUT2D eigenvalue weighted by atomic mass is 10.1. The summed E-state index contributed by atoms with van der Waals surface area (Å²) in [5.74, 6) is 0.357. The summed E-state index contributed by atoms with van der Waals surface area (Å²) in [7, 11) is 2.96. The molecule has 3 rings (SSSR count). The molecule has 0 saturated heterocycles. The number of thiazole rings is 1. The van der Waals surface area contributed by atoms with E-state index in [1.807, 2.05) is 35.7 Å². The number of aromatic hydroxyl groups is 1. The smallest absolute Gasteiger partial charge is 0.281 e. The zero-order chi connectivity index (χ0) is 19.6. The van der Waals surface area contributed by atoms with Gasteiger partial charge in [0.25, 0.3) is 5.56 Å². The fraction of sp³-hybridized carbons (Fsp3) is 0.167. The molecule has 0 saturated carbocycles. The van der Waals surface area contributed by atoms with Gasteiger partial charge in [-0.2, -0.15) is 5.26 Å². The van der Waals surface area contributed by atoms with Crippen LogP contribution in [0.3, 0.4) is 0 Å². The van der Waals surface area contributed by atoms with Gasteiger partial charge >= 0.3 is 0 Å². The first-order chi connectivity index (χ1) is 13.0. The molecule has 0 unspecified atom stereocenters. The van der Waals surface area contributed by atoms with E-state index in [9.17, 15) is 15.2 Å². The van der Waals surface area contributed by atoms with Crippen molar-refractivity contribution in [3.05, 3.63) is 51.1 Å². The van der Waals surface area contributed by atoms with Crippen molar-refractivity contribution in [1.82, 2.24) is 9.55 Å². The van der Waals surface area contributed by atoms with Gasteiger partial charge in [-0.25, -0.2) is 4.98 Å². The number of hydrogen-bond donors (Lipinski definition) is 1. The molecule has 2 heterocycles.